The van der Waals surface area contributed by atoms with Gasteiger partial charge in [0.05, 0.1) is 0 Å². The molecule has 0 fully saturated rings. The van der Waals surface area contributed by atoms with Crippen LogP contribution in [0, 0.1) is 0 Å². The van der Waals surface area contributed by atoms with E-state index in [1.807, 2.05) is 0 Å². The number of ether oxygens (including phenoxy) is 3. The average molecular weight is 819 g/mol. The van der Waals surface area contributed by atoms with Gasteiger partial charge in [0.1, 0.15) is 13.2 Å². The Morgan fingerprint density at radius 1 is 0.328 bits per heavy atom. The van der Waals surface area contributed by atoms with Crippen molar-refractivity contribution in [3.63, 3.8) is 0 Å². The standard InChI is InChI=1S/C52H98O6/c1-4-7-10-13-16-19-22-24-25-26-27-28-31-34-37-40-43-46-52(55)58-49(47-56-50(53)44-41-38-35-32-29-21-18-15-12-9-6-3)48-57-51(54)45-42-39-36-33-30-23-20-17-14-11-8-5-2/h24-25,49H,4-23,26-48H2,1-3H3/t49-/m0/s1. The van der Waals surface area contributed by atoms with Crippen molar-refractivity contribution >= 4 is 17.9 Å². The van der Waals surface area contributed by atoms with E-state index >= 15 is 0 Å². The summed E-state index contributed by atoms with van der Waals surface area (Å²) in [6, 6.07) is 0. The number of allylic oxidation sites excluding steroid dienone is 2. The van der Waals surface area contributed by atoms with Crippen LogP contribution in [0.15, 0.2) is 12.2 Å². The second-order valence-electron chi connectivity index (χ2n) is 17.4. The summed E-state index contributed by atoms with van der Waals surface area (Å²) in [5, 5.41) is 0. The normalized spacial score (nSPS) is 12.0. The molecule has 0 aliphatic heterocycles. The minimum atomic E-state index is -0.764. The van der Waals surface area contributed by atoms with Crippen molar-refractivity contribution in [2.45, 2.75) is 290 Å². The highest BCUT2D eigenvalue weighted by atomic mass is 16.6. The first kappa shape index (κ1) is 56.1. The van der Waals surface area contributed by atoms with Crippen molar-refractivity contribution in [2.75, 3.05) is 13.2 Å². The van der Waals surface area contributed by atoms with E-state index in [9.17, 15) is 14.4 Å². The molecule has 0 N–H and O–H groups in total. The predicted octanol–water partition coefficient (Wildman–Crippen LogP) is 16.6. The van der Waals surface area contributed by atoms with Gasteiger partial charge in [0, 0.05) is 19.3 Å². The molecule has 0 aromatic rings. The maximum absolute atomic E-state index is 12.8. The number of esters is 3. The number of unbranched alkanes of at least 4 members (excludes halogenated alkanes) is 34. The number of hydrogen-bond acceptors (Lipinski definition) is 6. The fourth-order valence-corrected chi connectivity index (χ4v) is 7.61. The zero-order valence-corrected chi connectivity index (χ0v) is 39.1. The maximum atomic E-state index is 12.8. The molecule has 1 atom stereocenters. The van der Waals surface area contributed by atoms with E-state index in [-0.39, 0.29) is 31.1 Å². The zero-order chi connectivity index (χ0) is 42.3. The van der Waals surface area contributed by atoms with E-state index in [1.165, 1.54) is 186 Å². The van der Waals surface area contributed by atoms with Gasteiger partial charge >= 0.3 is 17.9 Å². The summed E-state index contributed by atoms with van der Waals surface area (Å²) in [5.41, 5.74) is 0. The van der Waals surface area contributed by atoms with Gasteiger partial charge < -0.3 is 14.2 Å². The van der Waals surface area contributed by atoms with Crippen LogP contribution in [0.2, 0.25) is 0 Å². The average Bonchev–Trinajstić information content (AvgIpc) is 3.22. The summed E-state index contributed by atoms with van der Waals surface area (Å²) in [5.74, 6) is -0.857. The summed E-state index contributed by atoms with van der Waals surface area (Å²) >= 11 is 0. The Labute approximate surface area is 360 Å². The molecule has 0 aromatic carbocycles. The molecule has 0 radical (unpaired) electrons. The lowest BCUT2D eigenvalue weighted by atomic mass is 10.0. The van der Waals surface area contributed by atoms with Gasteiger partial charge in [-0.2, -0.15) is 0 Å². The number of hydrogen-bond donors (Lipinski definition) is 0. The van der Waals surface area contributed by atoms with Gasteiger partial charge in [-0.1, -0.05) is 232 Å². The lowest BCUT2D eigenvalue weighted by Gasteiger charge is -2.18. The molecule has 0 amide bonds. The van der Waals surface area contributed by atoms with Crippen molar-refractivity contribution in [3.05, 3.63) is 12.2 Å². The Kier molecular flexibility index (Phi) is 46.3. The molecule has 0 heterocycles. The minimum Gasteiger partial charge on any atom is -0.462 e. The fourth-order valence-electron chi connectivity index (χ4n) is 7.61. The molecule has 0 saturated carbocycles. The molecule has 6 nitrogen and oxygen atoms in total. The topological polar surface area (TPSA) is 78.9 Å². The van der Waals surface area contributed by atoms with Crippen LogP contribution in [-0.2, 0) is 28.6 Å². The summed E-state index contributed by atoms with van der Waals surface area (Å²) in [6.07, 6.45) is 51.9. The van der Waals surface area contributed by atoms with Gasteiger partial charge in [0.2, 0.25) is 0 Å². The van der Waals surface area contributed by atoms with E-state index in [1.54, 1.807) is 0 Å². The second-order valence-corrected chi connectivity index (χ2v) is 17.4. The van der Waals surface area contributed by atoms with Crippen molar-refractivity contribution in [2.24, 2.45) is 0 Å². The highest BCUT2D eigenvalue weighted by Crippen LogP contribution is 2.16. The van der Waals surface area contributed by atoms with Crippen LogP contribution in [-0.4, -0.2) is 37.2 Å². The molecule has 0 bridgehead atoms. The third-order valence-corrected chi connectivity index (χ3v) is 11.5. The molecule has 6 heteroatoms. The van der Waals surface area contributed by atoms with Crippen LogP contribution < -0.4 is 0 Å². The number of carbonyl (C=O) groups is 3. The molecule has 0 unspecified atom stereocenters. The highest BCUT2D eigenvalue weighted by Gasteiger charge is 2.19. The molecule has 0 aliphatic carbocycles. The quantitative estimate of drug-likeness (QED) is 0.0263. The summed E-state index contributed by atoms with van der Waals surface area (Å²) in [4.78, 5) is 37.9. The van der Waals surface area contributed by atoms with Gasteiger partial charge in [-0.25, -0.2) is 0 Å². The van der Waals surface area contributed by atoms with Crippen molar-refractivity contribution in [3.8, 4) is 0 Å². The van der Waals surface area contributed by atoms with E-state index in [0.29, 0.717) is 19.3 Å². The predicted molar refractivity (Wildman–Crippen MR) is 247 cm³/mol. The Morgan fingerprint density at radius 2 is 0.569 bits per heavy atom. The third-order valence-electron chi connectivity index (χ3n) is 11.5. The molecule has 342 valence electrons. The van der Waals surface area contributed by atoms with Gasteiger partial charge in [-0.05, 0) is 44.9 Å². The first-order valence-corrected chi connectivity index (χ1v) is 25.7. The molecule has 0 aromatic heterocycles. The Hall–Kier alpha value is -1.85. The second kappa shape index (κ2) is 47.8. The number of carbonyl (C=O) groups excluding carboxylic acids is 3. The van der Waals surface area contributed by atoms with E-state index in [4.69, 9.17) is 14.2 Å². The lowest BCUT2D eigenvalue weighted by molar-refractivity contribution is -0.167. The fraction of sp³-hybridized carbons (Fsp3) is 0.904. The van der Waals surface area contributed by atoms with Gasteiger partial charge in [0.15, 0.2) is 6.10 Å². The van der Waals surface area contributed by atoms with Crippen LogP contribution in [0.1, 0.15) is 284 Å². The zero-order valence-electron chi connectivity index (χ0n) is 39.1. The molecule has 0 rings (SSSR count). The van der Waals surface area contributed by atoms with Gasteiger partial charge in [-0.15, -0.1) is 0 Å². The van der Waals surface area contributed by atoms with Crippen LogP contribution in [0.5, 0.6) is 0 Å². The minimum absolute atomic E-state index is 0.0667. The largest absolute Gasteiger partial charge is 0.462 e. The monoisotopic (exact) mass is 819 g/mol. The summed E-state index contributed by atoms with van der Waals surface area (Å²) in [6.45, 7) is 6.65. The third kappa shape index (κ3) is 45.2. The van der Waals surface area contributed by atoms with E-state index in [2.05, 4.69) is 32.9 Å². The van der Waals surface area contributed by atoms with Gasteiger partial charge in [-0.3, -0.25) is 14.4 Å². The molecular weight excluding hydrogens is 721 g/mol. The van der Waals surface area contributed by atoms with Crippen molar-refractivity contribution < 1.29 is 28.6 Å². The van der Waals surface area contributed by atoms with Crippen LogP contribution in [0.25, 0.3) is 0 Å². The summed E-state index contributed by atoms with van der Waals surface area (Å²) < 4.78 is 16.8. The number of rotatable bonds is 47. The summed E-state index contributed by atoms with van der Waals surface area (Å²) in [7, 11) is 0. The van der Waals surface area contributed by atoms with Gasteiger partial charge in [0.25, 0.3) is 0 Å². The first-order chi connectivity index (χ1) is 28.5. The van der Waals surface area contributed by atoms with E-state index < -0.39 is 6.10 Å². The van der Waals surface area contributed by atoms with Crippen LogP contribution in [0.4, 0.5) is 0 Å². The Balaban J connectivity index is 4.31. The lowest BCUT2D eigenvalue weighted by Crippen LogP contribution is -2.30. The molecule has 58 heavy (non-hydrogen) atoms. The van der Waals surface area contributed by atoms with Crippen molar-refractivity contribution in [1.82, 2.24) is 0 Å². The molecule has 0 spiro atoms. The highest BCUT2D eigenvalue weighted by molar-refractivity contribution is 5.71. The molecule has 0 aliphatic rings. The first-order valence-electron chi connectivity index (χ1n) is 25.7. The molecule has 0 saturated heterocycles. The molecular formula is C52H98O6. The Morgan fingerprint density at radius 3 is 0.862 bits per heavy atom. The SMILES string of the molecule is CCCCCCCCC=CCCCCCCCCCC(=O)O[C@@H](COC(=O)CCCCCCCCCCCCC)COC(=O)CCCCCCCCCCCCCC. The smallest absolute Gasteiger partial charge is 0.306 e. The van der Waals surface area contributed by atoms with E-state index in [0.717, 1.165) is 57.8 Å². The van der Waals surface area contributed by atoms with Crippen molar-refractivity contribution in [1.29, 1.82) is 0 Å². The van der Waals surface area contributed by atoms with Crippen LogP contribution >= 0.6 is 0 Å². The Bertz CT molecular complexity index is 900. The maximum Gasteiger partial charge on any atom is 0.306 e. The van der Waals surface area contributed by atoms with Crippen LogP contribution in [0.3, 0.4) is 0 Å².